The van der Waals surface area contributed by atoms with E-state index in [0.717, 1.165) is 30.9 Å². The van der Waals surface area contributed by atoms with Crippen molar-refractivity contribution in [2.75, 3.05) is 13.7 Å². The van der Waals surface area contributed by atoms with Gasteiger partial charge in [0.05, 0.1) is 12.8 Å². The van der Waals surface area contributed by atoms with Crippen molar-refractivity contribution in [3.8, 4) is 5.88 Å². The number of nitrogens with zero attached hydrogens (tertiary/aromatic N) is 2. The Kier molecular flexibility index (Phi) is 5.14. The fraction of sp³-hybridized carbons (Fsp3) is 0.733. The first kappa shape index (κ1) is 14.3. The lowest BCUT2D eigenvalue weighted by Gasteiger charge is -2.23. The van der Waals surface area contributed by atoms with Crippen molar-refractivity contribution < 1.29 is 4.74 Å². The van der Waals surface area contributed by atoms with E-state index in [-0.39, 0.29) is 0 Å². The molecule has 0 bridgehead atoms. The highest BCUT2D eigenvalue weighted by atomic mass is 16.5. The lowest BCUT2D eigenvalue weighted by Crippen LogP contribution is -2.34. The Morgan fingerprint density at radius 3 is 2.84 bits per heavy atom. The molecule has 0 aliphatic carbocycles. The van der Waals surface area contributed by atoms with Gasteiger partial charge >= 0.3 is 0 Å². The smallest absolute Gasteiger partial charge is 0.216 e. The molecule has 1 aromatic heterocycles. The summed E-state index contributed by atoms with van der Waals surface area (Å²) in [6.45, 7) is 5.45. The zero-order valence-corrected chi connectivity index (χ0v) is 12.3. The summed E-state index contributed by atoms with van der Waals surface area (Å²) in [4.78, 5) is 9.10. The van der Waals surface area contributed by atoms with Crippen molar-refractivity contribution >= 4 is 0 Å². The normalized spacial score (nSPS) is 19.7. The summed E-state index contributed by atoms with van der Waals surface area (Å²) in [6.07, 6.45) is 5.97. The maximum atomic E-state index is 5.27. The minimum absolute atomic E-state index is 0.406. The van der Waals surface area contributed by atoms with E-state index in [1.165, 1.54) is 19.3 Å². The lowest BCUT2D eigenvalue weighted by atomic mass is 10.0. The summed E-state index contributed by atoms with van der Waals surface area (Å²) in [5, 5.41) is 3.57. The van der Waals surface area contributed by atoms with Crippen molar-refractivity contribution in [2.45, 2.75) is 57.9 Å². The second-order valence-electron chi connectivity index (χ2n) is 5.59. The Bertz CT molecular complexity index is 400. The van der Waals surface area contributed by atoms with Gasteiger partial charge < -0.3 is 10.1 Å². The summed E-state index contributed by atoms with van der Waals surface area (Å²) in [6, 6.07) is 2.57. The van der Waals surface area contributed by atoms with Crippen molar-refractivity contribution in [1.29, 1.82) is 0 Å². The highest BCUT2D eigenvalue weighted by Crippen LogP contribution is 2.18. The highest BCUT2D eigenvalue weighted by Gasteiger charge is 2.14. The Labute approximate surface area is 116 Å². The van der Waals surface area contributed by atoms with Crippen LogP contribution in [0.4, 0.5) is 0 Å². The van der Waals surface area contributed by atoms with Crippen LogP contribution in [0.5, 0.6) is 5.88 Å². The number of aryl methyl sites for hydroxylation is 1. The summed E-state index contributed by atoms with van der Waals surface area (Å²) >= 11 is 0. The van der Waals surface area contributed by atoms with Gasteiger partial charge in [-0.2, -0.15) is 4.98 Å². The van der Waals surface area contributed by atoms with Crippen molar-refractivity contribution in [3.05, 3.63) is 17.6 Å². The highest BCUT2D eigenvalue weighted by molar-refractivity contribution is 5.18. The average Bonchev–Trinajstić information content (AvgIpc) is 2.45. The number of aromatic nitrogens is 2. The molecule has 1 aromatic rings. The van der Waals surface area contributed by atoms with Crippen LogP contribution in [0.25, 0.3) is 0 Å². The molecule has 0 saturated carbocycles. The first-order valence-electron chi connectivity index (χ1n) is 7.34. The van der Waals surface area contributed by atoms with Gasteiger partial charge in [-0.1, -0.05) is 20.3 Å². The lowest BCUT2D eigenvalue weighted by molar-refractivity contribution is 0.375. The zero-order valence-electron chi connectivity index (χ0n) is 12.3. The van der Waals surface area contributed by atoms with Gasteiger partial charge in [-0.3, -0.25) is 0 Å². The molecule has 0 aromatic carbocycles. The van der Waals surface area contributed by atoms with Crippen LogP contribution < -0.4 is 10.1 Å². The standard InChI is InChI=1S/C15H25N3O/c1-11(2)13-10-15(19-3)18-14(17-13)8-7-12-6-4-5-9-16-12/h10-12,16H,4-9H2,1-3H3. The fourth-order valence-electron chi connectivity index (χ4n) is 2.48. The molecule has 0 spiro atoms. The van der Waals surface area contributed by atoms with Crippen LogP contribution in [0, 0.1) is 0 Å². The topological polar surface area (TPSA) is 47.0 Å². The van der Waals surface area contributed by atoms with Gasteiger partial charge in [0.15, 0.2) is 0 Å². The average molecular weight is 263 g/mol. The third kappa shape index (κ3) is 4.16. The van der Waals surface area contributed by atoms with E-state index >= 15 is 0 Å². The van der Waals surface area contributed by atoms with Gasteiger partial charge in [0.1, 0.15) is 5.82 Å². The Balaban J connectivity index is 2.00. The summed E-state index contributed by atoms with van der Waals surface area (Å²) in [5.74, 6) is 2.00. The third-order valence-corrected chi connectivity index (χ3v) is 3.70. The molecule has 1 unspecified atom stereocenters. The van der Waals surface area contributed by atoms with Crippen LogP contribution in [0.15, 0.2) is 6.07 Å². The summed E-state index contributed by atoms with van der Waals surface area (Å²) in [5.41, 5.74) is 1.07. The molecule has 1 saturated heterocycles. The van der Waals surface area contributed by atoms with Gasteiger partial charge in [-0.25, -0.2) is 4.98 Å². The molecular weight excluding hydrogens is 238 g/mol. The maximum Gasteiger partial charge on any atom is 0.216 e. The first-order valence-corrected chi connectivity index (χ1v) is 7.34. The predicted molar refractivity (Wildman–Crippen MR) is 76.6 cm³/mol. The minimum atomic E-state index is 0.406. The van der Waals surface area contributed by atoms with E-state index in [2.05, 4.69) is 29.1 Å². The number of nitrogens with one attached hydrogen (secondary N) is 1. The fourth-order valence-corrected chi connectivity index (χ4v) is 2.48. The molecule has 2 heterocycles. The zero-order chi connectivity index (χ0) is 13.7. The largest absolute Gasteiger partial charge is 0.481 e. The van der Waals surface area contributed by atoms with Crippen LogP contribution in [-0.2, 0) is 6.42 Å². The van der Waals surface area contributed by atoms with E-state index < -0.39 is 0 Å². The van der Waals surface area contributed by atoms with Gasteiger partial charge in [0.25, 0.3) is 0 Å². The van der Waals surface area contributed by atoms with E-state index in [1.54, 1.807) is 7.11 Å². The summed E-state index contributed by atoms with van der Waals surface area (Å²) in [7, 11) is 1.67. The summed E-state index contributed by atoms with van der Waals surface area (Å²) < 4.78 is 5.27. The SMILES string of the molecule is COc1cc(C(C)C)nc(CCC2CCCCN2)n1. The molecule has 1 N–H and O–H groups in total. The van der Waals surface area contributed by atoms with Crippen LogP contribution in [-0.4, -0.2) is 29.7 Å². The number of ether oxygens (including phenoxy) is 1. The third-order valence-electron chi connectivity index (χ3n) is 3.70. The molecule has 1 aliphatic rings. The van der Waals surface area contributed by atoms with Crippen LogP contribution >= 0.6 is 0 Å². The Morgan fingerprint density at radius 2 is 2.21 bits per heavy atom. The van der Waals surface area contributed by atoms with Crippen molar-refractivity contribution in [3.63, 3.8) is 0 Å². The van der Waals surface area contributed by atoms with Crippen molar-refractivity contribution in [2.24, 2.45) is 0 Å². The number of methoxy groups -OCH3 is 1. The molecule has 1 aliphatic heterocycles. The minimum Gasteiger partial charge on any atom is -0.481 e. The molecule has 0 radical (unpaired) electrons. The van der Waals surface area contributed by atoms with E-state index in [9.17, 15) is 0 Å². The van der Waals surface area contributed by atoms with E-state index in [4.69, 9.17) is 4.74 Å². The molecule has 4 nitrogen and oxygen atoms in total. The van der Waals surface area contributed by atoms with Crippen molar-refractivity contribution in [1.82, 2.24) is 15.3 Å². The molecule has 106 valence electrons. The second kappa shape index (κ2) is 6.85. The van der Waals surface area contributed by atoms with Gasteiger partial charge in [-0.05, 0) is 31.7 Å². The molecule has 4 heteroatoms. The van der Waals surface area contributed by atoms with Gasteiger partial charge in [0.2, 0.25) is 5.88 Å². The Morgan fingerprint density at radius 1 is 1.37 bits per heavy atom. The maximum absolute atomic E-state index is 5.27. The van der Waals surface area contributed by atoms with Crippen LogP contribution in [0.2, 0.25) is 0 Å². The molecule has 2 rings (SSSR count). The van der Waals surface area contributed by atoms with E-state index in [1.807, 2.05) is 6.07 Å². The van der Waals surface area contributed by atoms with Crippen LogP contribution in [0.3, 0.4) is 0 Å². The first-order chi connectivity index (χ1) is 9.19. The molecule has 1 fully saturated rings. The molecule has 19 heavy (non-hydrogen) atoms. The number of hydrogen-bond donors (Lipinski definition) is 1. The number of hydrogen-bond acceptors (Lipinski definition) is 4. The van der Waals surface area contributed by atoms with E-state index in [0.29, 0.717) is 17.8 Å². The number of piperidine rings is 1. The number of rotatable bonds is 5. The van der Waals surface area contributed by atoms with Crippen LogP contribution in [0.1, 0.15) is 57.0 Å². The quantitative estimate of drug-likeness (QED) is 0.887. The van der Waals surface area contributed by atoms with Gasteiger partial charge in [-0.15, -0.1) is 0 Å². The van der Waals surface area contributed by atoms with Gasteiger partial charge in [0, 0.05) is 18.5 Å². The molecule has 0 amide bonds. The molecular formula is C15H25N3O. The second-order valence-corrected chi connectivity index (χ2v) is 5.59. The molecule has 1 atom stereocenters. The predicted octanol–water partition coefficient (Wildman–Crippen LogP) is 2.68. The monoisotopic (exact) mass is 263 g/mol. The Hall–Kier alpha value is -1.16.